The highest BCUT2D eigenvalue weighted by Gasteiger charge is 2.21. The van der Waals surface area contributed by atoms with Gasteiger partial charge in [-0.2, -0.15) is 5.10 Å². The van der Waals surface area contributed by atoms with E-state index in [0.717, 1.165) is 14.9 Å². The molecular weight excluding hydrogens is 342 g/mol. The maximum atomic E-state index is 11.9. The highest BCUT2D eigenvalue weighted by atomic mass is 79.9. The number of fused-ring (bicyclic) bond motifs is 1. The lowest BCUT2D eigenvalue weighted by Gasteiger charge is -2.02. The van der Waals surface area contributed by atoms with Crippen LogP contribution < -0.4 is 0 Å². The minimum absolute atomic E-state index is 0.310. The highest BCUT2D eigenvalue weighted by Crippen LogP contribution is 2.26. The van der Waals surface area contributed by atoms with E-state index in [0.29, 0.717) is 17.9 Å². The molecule has 0 radical (unpaired) electrons. The van der Waals surface area contributed by atoms with Gasteiger partial charge in [-0.3, -0.25) is 0 Å². The van der Waals surface area contributed by atoms with Gasteiger partial charge in [0.2, 0.25) is 0 Å². The Balaban J connectivity index is 2.17. The first-order chi connectivity index (χ1) is 9.70. The summed E-state index contributed by atoms with van der Waals surface area (Å²) in [7, 11) is 0. The van der Waals surface area contributed by atoms with E-state index < -0.39 is 5.97 Å². The molecule has 0 aliphatic rings. The molecule has 0 aliphatic carbocycles. The molecule has 3 aromatic rings. The molecule has 1 aromatic carbocycles. The fraction of sp³-hybridized carbons (Fsp3) is 0.154. The van der Waals surface area contributed by atoms with Gasteiger partial charge in [0.05, 0.1) is 17.8 Å². The molecular formula is C13H10BrN3O2S. The molecule has 102 valence electrons. The van der Waals surface area contributed by atoms with Gasteiger partial charge in [-0.15, -0.1) is 11.3 Å². The van der Waals surface area contributed by atoms with Crippen LogP contribution >= 0.6 is 27.3 Å². The molecule has 0 atom stereocenters. The van der Waals surface area contributed by atoms with E-state index in [1.54, 1.807) is 17.1 Å². The Bertz CT molecular complexity index is 781. The lowest BCUT2D eigenvalue weighted by molar-refractivity contribution is 0.0521. The molecule has 0 saturated carbocycles. The van der Waals surface area contributed by atoms with Crippen molar-refractivity contribution in [1.82, 2.24) is 14.8 Å². The topological polar surface area (TPSA) is 57.0 Å². The Morgan fingerprint density at radius 3 is 3.10 bits per heavy atom. The van der Waals surface area contributed by atoms with Crippen LogP contribution in [0.4, 0.5) is 0 Å². The van der Waals surface area contributed by atoms with E-state index in [9.17, 15) is 4.79 Å². The van der Waals surface area contributed by atoms with Gasteiger partial charge in [0.15, 0.2) is 11.3 Å². The Labute approximate surface area is 127 Å². The summed E-state index contributed by atoms with van der Waals surface area (Å²) in [5.74, 6) is -0.421. The molecule has 3 rings (SSSR count). The van der Waals surface area contributed by atoms with Crippen molar-refractivity contribution in [3.8, 4) is 5.69 Å². The molecule has 0 bridgehead atoms. The van der Waals surface area contributed by atoms with Gasteiger partial charge in [0, 0.05) is 4.47 Å². The molecule has 0 saturated heterocycles. The average molecular weight is 352 g/mol. The maximum absolute atomic E-state index is 11.9. The van der Waals surface area contributed by atoms with Crippen LogP contribution in [-0.2, 0) is 4.74 Å². The smallest absolute Gasteiger partial charge is 0.360 e. The van der Waals surface area contributed by atoms with Crippen molar-refractivity contribution in [2.45, 2.75) is 6.92 Å². The van der Waals surface area contributed by atoms with Crippen LogP contribution in [0.3, 0.4) is 0 Å². The number of hydrogen-bond acceptors (Lipinski definition) is 5. The lowest BCUT2D eigenvalue weighted by atomic mass is 10.3. The molecule has 0 unspecified atom stereocenters. The normalized spacial score (nSPS) is 10.9. The Kier molecular flexibility index (Phi) is 3.54. The number of esters is 1. The third kappa shape index (κ3) is 2.23. The van der Waals surface area contributed by atoms with Crippen molar-refractivity contribution in [3.63, 3.8) is 0 Å². The zero-order valence-electron chi connectivity index (χ0n) is 10.5. The van der Waals surface area contributed by atoms with Crippen molar-refractivity contribution in [3.05, 3.63) is 39.9 Å². The standard InChI is InChI=1S/C13H10BrN3O2S/c1-2-19-13(18)10-11-12(15-7-20-11)17(16-10)9-5-3-4-8(14)6-9/h3-7H,2H2,1H3. The van der Waals surface area contributed by atoms with Crippen LogP contribution in [0.5, 0.6) is 0 Å². The van der Waals surface area contributed by atoms with Gasteiger partial charge >= 0.3 is 5.97 Å². The third-order valence-electron chi connectivity index (χ3n) is 2.69. The Morgan fingerprint density at radius 1 is 1.50 bits per heavy atom. The van der Waals surface area contributed by atoms with Crippen LogP contribution in [0.1, 0.15) is 17.4 Å². The second-order valence-electron chi connectivity index (χ2n) is 3.97. The van der Waals surface area contributed by atoms with Crippen molar-refractivity contribution < 1.29 is 9.53 Å². The molecule has 0 spiro atoms. The predicted octanol–water partition coefficient (Wildman–Crippen LogP) is 3.42. The Morgan fingerprint density at radius 2 is 2.35 bits per heavy atom. The fourth-order valence-corrected chi connectivity index (χ4v) is 2.99. The zero-order valence-corrected chi connectivity index (χ0v) is 12.9. The summed E-state index contributed by atoms with van der Waals surface area (Å²) in [4.78, 5) is 16.2. The summed E-state index contributed by atoms with van der Waals surface area (Å²) in [6.45, 7) is 2.09. The van der Waals surface area contributed by atoms with Gasteiger partial charge in [0.1, 0.15) is 4.70 Å². The summed E-state index contributed by atoms with van der Waals surface area (Å²) >= 11 is 4.81. The second kappa shape index (κ2) is 5.34. The number of aromatic nitrogens is 3. The zero-order chi connectivity index (χ0) is 14.1. The van der Waals surface area contributed by atoms with Crippen LogP contribution in [0, 0.1) is 0 Å². The van der Waals surface area contributed by atoms with Crippen LogP contribution in [0.2, 0.25) is 0 Å². The minimum atomic E-state index is -0.421. The van der Waals surface area contributed by atoms with Crippen molar-refractivity contribution >= 4 is 43.6 Å². The first kappa shape index (κ1) is 13.3. The van der Waals surface area contributed by atoms with Gasteiger partial charge in [-0.05, 0) is 25.1 Å². The average Bonchev–Trinajstić information content (AvgIpc) is 3.00. The number of ether oxygens (including phenoxy) is 1. The number of thiazole rings is 1. The summed E-state index contributed by atoms with van der Waals surface area (Å²) in [5, 5.41) is 4.35. The number of benzene rings is 1. The van der Waals surface area contributed by atoms with Gasteiger partial charge in [0.25, 0.3) is 0 Å². The minimum Gasteiger partial charge on any atom is -0.461 e. The summed E-state index contributed by atoms with van der Waals surface area (Å²) < 4.78 is 8.36. The monoisotopic (exact) mass is 351 g/mol. The second-order valence-corrected chi connectivity index (χ2v) is 5.74. The quantitative estimate of drug-likeness (QED) is 0.678. The lowest BCUT2D eigenvalue weighted by Crippen LogP contribution is -2.07. The first-order valence-corrected chi connectivity index (χ1v) is 7.63. The summed E-state index contributed by atoms with van der Waals surface area (Å²) in [6, 6.07) is 7.66. The van der Waals surface area contributed by atoms with Gasteiger partial charge in [-0.25, -0.2) is 14.5 Å². The first-order valence-electron chi connectivity index (χ1n) is 5.96. The summed E-state index contributed by atoms with van der Waals surface area (Å²) in [6.07, 6.45) is 0. The van der Waals surface area contributed by atoms with Gasteiger partial charge in [-0.1, -0.05) is 22.0 Å². The van der Waals surface area contributed by atoms with E-state index in [1.807, 2.05) is 24.3 Å². The molecule has 7 heteroatoms. The van der Waals surface area contributed by atoms with E-state index in [1.165, 1.54) is 11.3 Å². The molecule has 2 heterocycles. The van der Waals surface area contributed by atoms with Crippen LogP contribution in [0.25, 0.3) is 16.0 Å². The maximum Gasteiger partial charge on any atom is 0.360 e. The van der Waals surface area contributed by atoms with E-state index in [-0.39, 0.29) is 0 Å². The molecule has 0 aliphatic heterocycles. The SMILES string of the molecule is CCOC(=O)c1nn(-c2cccc(Br)c2)c2ncsc12. The number of rotatable bonds is 3. The summed E-state index contributed by atoms with van der Waals surface area (Å²) in [5.41, 5.74) is 3.51. The molecule has 5 nitrogen and oxygen atoms in total. The molecule has 0 N–H and O–H groups in total. The number of halogens is 1. The van der Waals surface area contributed by atoms with Crippen molar-refractivity contribution in [2.75, 3.05) is 6.61 Å². The third-order valence-corrected chi connectivity index (χ3v) is 4.00. The molecule has 0 amide bonds. The van der Waals surface area contributed by atoms with Crippen LogP contribution in [-0.4, -0.2) is 27.3 Å². The molecule has 20 heavy (non-hydrogen) atoms. The van der Waals surface area contributed by atoms with E-state index in [4.69, 9.17) is 4.74 Å². The molecule has 2 aromatic heterocycles. The van der Waals surface area contributed by atoms with Crippen LogP contribution in [0.15, 0.2) is 34.2 Å². The number of nitrogens with zero attached hydrogens (tertiary/aromatic N) is 3. The fourth-order valence-electron chi connectivity index (χ4n) is 1.87. The predicted molar refractivity (Wildman–Crippen MR) is 80.4 cm³/mol. The number of carbonyl (C=O) groups is 1. The van der Waals surface area contributed by atoms with E-state index >= 15 is 0 Å². The molecule has 0 fully saturated rings. The largest absolute Gasteiger partial charge is 0.461 e. The Hall–Kier alpha value is -1.73. The van der Waals surface area contributed by atoms with Crippen molar-refractivity contribution in [2.24, 2.45) is 0 Å². The van der Waals surface area contributed by atoms with Gasteiger partial charge < -0.3 is 4.74 Å². The highest BCUT2D eigenvalue weighted by molar-refractivity contribution is 9.10. The number of carbonyl (C=O) groups excluding carboxylic acids is 1. The van der Waals surface area contributed by atoms with E-state index in [2.05, 4.69) is 26.0 Å². The van der Waals surface area contributed by atoms with Crippen molar-refractivity contribution in [1.29, 1.82) is 0 Å². The number of hydrogen-bond donors (Lipinski definition) is 0.